The molecule has 2 aliphatic heterocycles. The first kappa shape index (κ1) is 49.2. The number of halogens is 4. The molecule has 4 aromatic carbocycles. The van der Waals surface area contributed by atoms with Crippen molar-refractivity contribution in [2.24, 2.45) is 0 Å². The van der Waals surface area contributed by atoms with Crippen molar-refractivity contribution in [2.75, 3.05) is 81.5 Å². The number of carbonyl (C=O) groups excluding carboxylic acids is 1. The first-order chi connectivity index (χ1) is 31.2. The predicted octanol–water partition coefficient (Wildman–Crippen LogP) is 9.25. The number of sulfone groups is 1. The molecular formula is C47H55Cl2F2N5O6S3. The molecular weight excluding hydrogens is 936 g/mol. The molecule has 11 nitrogen and oxygen atoms in total. The second-order valence-electron chi connectivity index (χ2n) is 16.6. The minimum absolute atomic E-state index is 0.0409. The number of thioether (sulfide) groups is 1. The highest BCUT2D eigenvalue weighted by Gasteiger charge is 2.46. The average molecular weight is 991 g/mol. The van der Waals surface area contributed by atoms with Crippen molar-refractivity contribution in [1.29, 1.82) is 0 Å². The molecule has 350 valence electrons. The molecule has 3 aliphatic rings. The lowest BCUT2D eigenvalue weighted by molar-refractivity contribution is 0.0981. The van der Waals surface area contributed by atoms with Crippen LogP contribution >= 0.6 is 35.0 Å². The highest BCUT2D eigenvalue weighted by molar-refractivity contribution is 7.99. The van der Waals surface area contributed by atoms with E-state index in [0.717, 1.165) is 86.3 Å². The van der Waals surface area contributed by atoms with Gasteiger partial charge >= 0.3 is 4.71 Å². The summed E-state index contributed by atoms with van der Waals surface area (Å²) in [6.45, 7) is 7.50. The smallest absolute Gasteiger partial charge is 0.380 e. The molecule has 65 heavy (non-hydrogen) atoms. The molecule has 0 unspecified atom stereocenters. The second-order valence-corrected chi connectivity index (χ2v) is 22.4. The molecule has 0 aromatic heterocycles. The number of allylic oxidation sites excluding steroid dienone is 1. The Kier molecular flexibility index (Phi) is 16.9. The van der Waals surface area contributed by atoms with Crippen LogP contribution in [0.3, 0.4) is 0 Å². The van der Waals surface area contributed by atoms with E-state index >= 15 is 0 Å². The number of carbonyl (C=O) groups is 1. The molecule has 4 aromatic rings. The van der Waals surface area contributed by atoms with Crippen LogP contribution in [-0.4, -0.2) is 115 Å². The topological polar surface area (TPSA) is 128 Å². The van der Waals surface area contributed by atoms with E-state index in [2.05, 4.69) is 32.1 Å². The van der Waals surface area contributed by atoms with Gasteiger partial charge in [0.05, 0.1) is 22.1 Å². The van der Waals surface area contributed by atoms with Gasteiger partial charge < -0.3 is 19.9 Å². The van der Waals surface area contributed by atoms with Crippen LogP contribution in [0.5, 0.6) is 0 Å². The van der Waals surface area contributed by atoms with Crippen molar-refractivity contribution in [3.05, 3.63) is 119 Å². The van der Waals surface area contributed by atoms with Crippen molar-refractivity contribution in [3.63, 3.8) is 0 Å². The maximum Gasteiger partial charge on any atom is 0.427 e. The third-order valence-corrected chi connectivity index (χ3v) is 16.9. The van der Waals surface area contributed by atoms with Crippen molar-refractivity contribution >= 4 is 77.7 Å². The number of hydrogen-bond acceptors (Lipinski definition) is 11. The maximum absolute atomic E-state index is 14.6. The highest BCUT2D eigenvalue weighted by atomic mass is 35.5. The van der Waals surface area contributed by atoms with E-state index in [0.29, 0.717) is 44.5 Å². The second kappa shape index (κ2) is 22.4. The summed E-state index contributed by atoms with van der Waals surface area (Å²) in [7, 11) is -10.4. The summed E-state index contributed by atoms with van der Waals surface area (Å²) in [5.41, 5.74) is 4.83. The lowest BCUT2D eigenvalue weighted by atomic mass is 9.95. The van der Waals surface area contributed by atoms with Crippen LogP contribution in [0.1, 0.15) is 60.9 Å². The molecule has 18 heteroatoms. The van der Waals surface area contributed by atoms with E-state index in [4.69, 9.17) is 27.9 Å². The molecule has 0 spiro atoms. The van der Waals surface area contributed by atoms with Gasteiger partial charge in [-0.05, 0) is 128 Å². The van der Waals surface area contributed by atoms with Crippen LogP contribution in [0, 0.1) is 0 Å². The molecule has 0 saturated carbocycles. The lowest BCUT2D eigenvalue weighted by Crippen LogP contribution is -2.47. The Morgan fingerprint density at radius 3 is 2.25 bits per heavy atom. The van der Waals surface area contributed by atoms with E-state index in [-0.39, 0.29) is 11.3 Å². The molecule has 7 rings (SSSR count). The van der Waals surface area contributed by atoms with Gasteiger partial charge in [0.1, 0.15) is 0 Å². The van der Waals surface area contributed by atoms with Crippen molar-refractivity contribution in [1.82, 2.24) is 14.5 Å². The minimum atomic E-state index is -5.62. The number of nitrogens with one attached hydrogen (secondary N) is 2. The van der Waals surface area contributed by atoms with Crippen LogP contribution in [0.4, 0.5) is 20.2 Å². The van der Waals surface area contributed by atoms with Crippen LogP contribution in [0.15, 0.2) is 117 Å². The SMILES string of the molecule is O=C(NS(=O)(=O)c1ccc(N[C@H](CCN2CCCOCC2)CSc2ccccc2)c(S(=O)(=O)C(F)(F)Cl)c1)c1ccc(N2CCN(CC3=C(c4ccc(Cl)cc4)CCCCC3)CC2)cc1. The summed E-state index contributed by atoms with van der Waals surface area (Å²) in [6, 6.07) is 26.6. The molecule has 0 bridgehead atoms. The molecule has 1 amide bonds. The van der Waals surface area contributed by atoms with Gasteiger partial charge in [-0.2, -0.15) is 8.78 Å². The van der Waals surface area contributed by atoms with E-state index < -0.39 is 46.3 Å². The monoisotopic (exact) mass is 989 g/mol. The van der Waals surface area contributed by atoms with Gasteiger partial charge in [0.15, 0.2) is 0 Å². The fraction of sp³-hybridized carbons (Fsp3) is 0.426. The molecule has 2 fully saturated rings. The van der Waals surface area contributed by atoms with Gasteiger partial charge in [-0.15, -0.1) is 11.8 Å². The number of rotatable bonds is 17. The summed E-state index contributed by atoms with van der Waals surface area (Å²) >= 11 is 12.9. The number of alkyl halides is 3. The van der Waals surface area contributed by atoms with Gasteiger partial charge in [0.2, 0.25) is 0 Å². The fourth-order valence-electron chi connectivity index (χ4n) is 8.44. The van der Waals surface area contributed by atoms with Crippen molar-refractivity contribution in [3.8, 4) is 0 Å². The van der Waals surface area contributed by atoms with Gasteiger partial charge in [0.25, 0.3) is 25.8 Å². The summed E-state index contributed by atoms with van der Waals surface area (Å²) in [5.74, 6) is -0.540. The normalized spacial score (nSPS) is 17.9. The number of amides is 1. The summed E-state index contributed by atoms with van der Waals surface area (Å²) in [6.07, 6.45) is 7.07. The zero-order valence-electron chi connectivity index (χ0n) is 36.1. The van der Waals surface area contributed by atoms with Gasteiger partial charge in [-0.3, -0.25) is 9.69 Å². The number of sulfonamides is 1. The molecule has 2 N–H and O–H groups in total. The predicted molar refractivity (Wildman–Crippen MR) is 257 cm³/mol. The minimum Gasteiger partial charge on any atom is -0.380 e. The number of benzene rings is 4. The first-order valence-corrected chi connectivity index (χ1v) is 26.7. The van der Waals surface area contributed by atoms with E-state index in [9.17, 15) is 30.4 Å². The van der Waals surface area contributed by atoms with E-state index in [1.807, 2.05) is 47.2 Å². The molecule has 1 aliphatic carbocycles. The zero-order valence-corrected chi connectivity index (χ0v) is 40.0. The Bertz CT molecular complexity index is 2480. The number of ether oxygens (including phenoxy) is 1. The average Bonchev–Trinajstić information content (AvgIpc) is 3.71. The van der Waals surface area contributed by atoms with Crippen LogP contribution in [-0.2, 0) is 24.6 Å². The van der Waals surface area contributed by atoms with Crippen molar-refractivity contribution < 1.29 is 35.1 Å². The quantitative estimate of drug-likeness (QED) is 0.0777. The maximum atomic E-state index is 14.6. The standard InChI is InChI=1S/C47H55Cl2F2N5O6S3/c48-38-16-12-35(13-17-38)43-11-6-1-3-8-37(43)33-55-25-27-56(28-26-55)40-18-14-36(15-19-40)46(57)53-65(60,61)42-20-21-44(45(32-42)64(58,59)47(49,50)51)52-39(34-63-41-9-4-2-5-10-41)22-24-54-23-7-30-62-31-29-54/h2,4-5,9-10,12-21,32,39,52H,1,3,6-8,11,22-31,33-34H2,(H,53,57)/t39-/m1/s1. The fourth-order valence-corrected chi connectivity index (χ4v) is 11.8. The van der Waals surface area contributed by atoms with Gasteiger partial charge in [-0.25, -0.2) is 21.6 Å². The zero-order chi connectivity index (χ0) is 46.0. The molecule has 0 radical (unpaired) electrons. The Morgan fingerprint density at radius 2 is 1.52 bits per heavy atom. The van der Waals surface area contributed by atoms with Crippen LogP contribution in [0.2, 0.25) is 5.02 Å². The third kappa shape index (κ3) is 13.2. The Balaban J connectivity index is 1.02. The van der Waals surface area contributed by atoms with Crippen LogP contribution < -0.4 is 14.9 Å². The summed E-state index contributed by atoms with van der Waals surface area (Å²) in [4.78, 5) is 19.5. The molecule has 2 saturated heterocycles. The number of piperazine rings is 1. The van der Waals surface area contributed by atoms with Crippen molar-refractivity contribution in [2.45, 2.75) is 70.4 Å². The Morgan fingerprint density at radius 1 is 0.800 bits per heavy atom. The third-order valence-electron chi connectivity index (χ3n) is 12.1. The molecule has 2 heterocycles. The van der Waals surface area contributed by atoms with E-state index in [1.165, 1.54) is 59.9 Å². The lowest BCUT2D eigenvalue weighted by Gasteiger charge is -2.37. The van der Waals surface area contributed by atoms with Gasteiger partial charge in [0, 0.05) is 91.9 Å². The Labute approximate surface area is 395 Å². The van der Waals surface area contributed by atoms with Crippen LogP contribution in [0.25, 0.3) is 5.57 Å². The Hall–Kier alpha value is -3.74. The number of nitrogens with zero attached hydrogens (tertiary/aromatic N) is 3. The molecule has 1 atom stereocenters. The number of anilines is 2. The number of hydrogen-bond donors (Lipinski definition) is 2. The highest BCUT2D eigenvalue weighted by Crippen LogP contribution is 2.38. The summed E-state index contributed by atoms with van der Waals surface area (Å²) in [5, 5.41) is 3.84. The summed E-state index contributed by atoms with van der Waals surface area (Å²) < 4.78 is 86.0. The van der Waals surface area contributed by atoms with E-state index in [1.54, 1.807) is 12.1 Å². The van der Waals surface area contributed by atoms with Gasteiger partial charge in [-0.1, -0.05) is 53.9 Å². The largest absolute Gasteiger partial charge is 0.427 e. The first-order valence-electron chi connectivity index (χ1n) is 22.0.